The van der Waals surface area contributed by atoms with Crippen molar-refractivity contribution in [2.75, 3.05) is 5.32 Å². The third-order valence-corrected chi connectivity index (χ3v) is 3.56. The van der Waals surface area contributed by atoms with Crippen LogP contribution in [0.3, 0.4) is 0 Å². The minimum atomic E-state index is -0.265. The maximum Gasteiger partial charge on any atom is 0.319 e. The minimum absolute atomic E-state index is 0.0681. The Balaban J connectivity index is 2.01. The second kappa shape index (κ2) is 7.34. The molecule has 0 aliphatic heterocycles. The van der Waals surface area contributed by atoms with Gasteiger partial charge in [0.05, 0.1) is 6.04 Å². The fraction of sp³-hybridized carbons (Fsp3) is 0.188. The first kappa shape index (κ1) is 15.7. The van der Waals surface area contributed by atoms with Gasteiger partial charge in [0.1, 0.15) is 0 Å². The van der Waals surface area contributed by atoms with Crippen molar-refractivity contribution in [2.45, 2.75) is 19.4 Å². The van der Waals surface area contributed by atoms with Crippen molar-refractivity contribution < 1.29 is 4.79 Å². The van der Waals surface area contributed by atoms with Crippen LogP contribution >= 0.6 is 23.2 Å². The SMILES string of the molecule is CC[C@H](NC(=O)Nc1cccc(Cl)c1)c1ccc(Cl)cc1. The lowest BCUT2D eigenvalue weighted by Crippen LogP contribution is -2.32. The summed E-state index contributed by atoms with van der Waals surface area (Å²) in [5, 5.41) is 6.96. The first-order chi connectivity index (χ1) is 10.1. The van der Waals surface area contributed by atoms with Gasteiger partial charge in [-0.05, 0) is 42.3 Å². The summed E-state index contributed by atoms with van der Waals surface area (Å²) in [7, 11) is 0. The fourth-order valence-corrected chi connectivity index (χ4v) is 2.32. The molecular weight excluding hydrogens is 307 g/mol. The molecule has 5 heteroatoms. The Labute approximate surface area is 134 Å². The molecule has 0 radical (unpaired) electrons. The van der Waals surface area contributed by atoms with Crippen molar-refractivity contribution in [1.82, 2.24) is 5.32 Å². The summed E-state index contributed by atoms with van der Waals surface area (Å²) in [5.41, 5.74) is 1.68. The zero-order chi connectivity index (χ0) is 15.2. The smallest absolute Gasteiger partial charge is 0.319 e. The Morgan fingerprint density at radius 1 is 1.10 bits per heavy atom. The van der Waals surface area contributed by atoms with Crippen LogP contribution in [0.2, 0.25) is 10.0 Å². The molecule has 2 N–H and O–H groups in total. The maximum atomic E-state index is 12.0. The van der Waals surface area contributed by atoms with Gasteiger partial charge in [-0.3, -0.25) is 0 Å². The largest absolute Gasteiger partial charge is 0.331 e. The first-order valence-electron chi connectivity index (χ1n) is 6.67. The molecule has 0 aliphatic carbocycles. The highest BCUT2D eigenvalue weighted by molar-refractivity contribution is 6.31. The molecule has 21 heavy (non-hydrogen) atoms. The Kier molecular flexibility index (Phi) is 5.48. The number of halogens is 2. The van der Waals surface area contributed by atoms with E-state index >= 15 is 0 Å². The van der Waals surface area contributed by atoms with Crippen LogP contribution in [0.4, 0.5) is 10.5 Å². The monoisotopic (exact) mass is 322 g/mol. The lowest BCUT2D eigenvalue weighted by Gasteiger charge is -2.18. The third-order valence-electron chi connectivity index (χ3n) is 3.07. The first-order valence-corrected chi connectivity index (χ1v) is 7.42. The average molecular weight is 323 g/mol. The summed E-state index contributed by atoms with van der Waals surface area (Å²) in [6.07, 6.45) is 0.782. The van der Waals surface area contributed by atoms with Gasteiger partial charge in [0.15, 0.2) is 0 Å². The molecule has 2 rings (SSSR count). The number of amides is 2. The van der Waals surface area contributed by atoms with Crippen LogP contribution in [0.25, 0.3) is 0 Å². The van der Waals surface area contributed by atoms with Gasteiger partial charge in [-0.2, -0.15) is 0 Å². The lowest BCUT2D eigenvalue weighted by molar-refractivity contribution is 0.248. The van der Waals surface area contributed by atoms with E-state index in [0.29, 0.717) is 15.7 Å². The van der Waals surface area contributed by atoms with Crippen molar-refractivity contribution >= 4 is 34.9 Å². The molecule has 2 amide bonds. The van der Waals surface area contributed by atoms with E-state index in [0.717, 1.165) is 12.0 Å². The van der Waals surface area contributed by atoms with Crippen LogP contribution in [0.1, 0.15) is 24.9 Å². The number of hydrogen-bond donors (Lipinski definition) is 2. The summed E-state index contributed by atoms with van der Waals surface area (Å²) in [6.45, 7) is 2.01. The predicted octanol–water partition coefficient (Wildman–Crippen LogP) is 5.27. The van der Waals surface area contributed by atoms with Gasteiger partial charge in [0, 0.05) is 15.7 Å². The van der Waals surface area contributed by atoms with Gasteiger partial charge in [0.2, 0.25) is 0 Å². The van der Waals surface area contributed by atoms with Crippen molar-refractivity contribution in [2.24, 2.45) is 0 Å². The van der Waals surface area contributed by atoms with Crippen LogP contribution in [0, 0.1) is 0 Å². The fourth-order valence-electron chi connectivity index (χ4n) is 2.01. The average Bonchev–Trinajstić information content (AvgIpc) is 2.46. The highest BCUT2D eigenvalue weighted by atomic mass is 35.5. The molecule has 0 unspecified atom stereocenters. The topological polar surface area (TPSA) is 41.1 Å². The van der Waals surface area contributed by atoms with E-state index < -0.39 is 0 Å². The molecule has 3 nitrogen and oxygen atoms in total. The van der Waals surface area contributed by atoms with Crippen LogP contribution in [0.5, 0.6) is 0 Å². The minimum Gasteiger partial charge on any atom is -0.331 e. The molecule has 0 saturated carbocycles. The van der Waals surface area contributed by atoms with Gasteiger partial charge < -0.3 is 10.6 Å². The molecule has 1 atom stereocenters. The van der Waals surface area contributed by atoms with E-state index in [-0.39, 0.29) is 12.1 Å². The second-order valence-corrected chi connectivity index (χ2v) is 5.49. The quantitative estimate of drug-likeness (QED) is 0.791. The standard InChI is InChI=1S/C16H16Cl2N2O/c1-2-15(11-6-8-12(17)9-7-11)20-16(21)19-14-5-3-4-13(18)10-14/h3-10,15H,2H2,1H3,(H2,19,20,21)/t15-/m0/s1. The van der Waals surface area contributed by atoms with Crippen LogP contribution < -0.4 is 10.6 Å². The van der Waals surface area contributed by atoms with E-state index in [4.69, 9.17) is 23.2 Å². The summed E-state index contributed by atoms with van der Waals surface area (Å²) in [5.74, 6) is 0. The molecule has 0 aromatic heterocycles. The number of urea groups is 1. The molecule has 110 valence electrons. The van der Waals surface area contributed by atoms with Crippen molar-refractivity contribution in [3.63, 3.8) is 0 Å². The highest BCUT2D eigenvalue weighted by Gasteiger charge is 2.12. The van der Waals surface area contributed by atoms with E-state index in [2.05, 4.69) is 10.6 Å². The summed E-state index contributed by atoms with van der Waals surface area (Å²) in [4.78, 5) is 12.0. The van der Waals surface area contributed by atoms with Crippen LogP contribution in [-0.4, -0.2) is 6.03 Å². The Bertz CT molecular complexity index is 614. The number of carbonyl (C=O) groups is 1. The summed E-state index contributed by atoms with van der Waals surface area (Å²) < 4.78 is 0. The van der Waals surface area contributed by atoms with Gasteiger partial charge in [0.25, 0.3) is 0 Å². The molecule has 2 aromatic rings. The number of nitrogens with one attached hydrogen (secondary N) is 2. The van der Waals surface area contributed by atoms with Gasteiger partial charge in [-0.1, -0.05) is 48.3 Å². The summed E-state index contributed by atoms with van der Waals surface area (Å²) in [6, 6.07) is 14.2. The molecule has 0 aliphatic rings. The number of rotatable bonds is 4. The summed E-state index contributed by atoms with van der Waals surface area (Å²) >= 11 is 11.8. The van der Waals surface area contributed by atoms with Crippen LogP contribution in [0.15, 0.2) is 48.5 Å². The second-order valence-electron chi connectivity index (χ2n) is 4.62. The lowest BCUT2D eigenvalue weighted by atomic mass is 10.1. The molecule has 2 aromatic carbocycles. The highest BCUT2D eigenvalue weighted by Crippen LogP contribution is 2.20. The number of benzene rings is 2. The Hall–Kier alpha value is -1.71. The number of carbonyl (C=O) groups excluding carboxylic acids is 1. The molecule has 0 bridgehead atoms. The maximum absolute atomic E-state index is 12.0. The van der Waals surface area contributed by atoms with Gasteiger partial charge in [-0.15, -0.1) is 0 Å². The number of anilines is 1. The van der Waals surface area contributed by atoms with Crippen LogP contribution in [-0.2, 0) is 0 Å². The third kappa shape index (κ3) is 4.66. The zero-order valence-electron chi connectivity index (χ0n) is 11.6. The van der Waals surface area contributed by atoms with Crippen molar-refractivity contribution in [1.29, 1.82) is 0 Å². The molecule has 0 heterocycles. The predicted molar refractivity (Wildman–Crippen MR) is 88.1 cm³/mol. The van der Waals surface area contributed by atoms with E-state index in [9.17, 15) is 4.79 Å². The van der Waals surface area contributed by atoms with E-state index in [1.807, 2.05) is 31.2 Å². The van der Waals surface area contributed by atoms with Crippen molar-refractivity contribution in [3.8, 4) is 0 Å². The zero-order valence-corrected chi connectivity index (χ0v) is 13.1. The van der Waals surface area contributed by atoms with E-state index in [1.165, 1.54) is 0 Å². The molecular formula is C16H16Cl2N2O. The Morgan fingerprint density at radius 2 is 1.81 bits per heavy atom. The molecule has 0 fully saturated rings. The van der Waals surface area contributed by atoms with Gasteiger partial charge in [-0.25, -0.2) is 4.79 Å². The van der Waals surface area contributed by atoms with E-state index in [1.54, 1.807) is 24.3 Å². The van der Waals surface area contributed by atoms with Gasteiger partial charge >= 0.3 is 6.03 Å². The Morgan fingerprint density at radius 3 is 2.43 bits per heavy atom. The number of hydrogen-bond acceptors (Lipinski definition) is 1. The molecule has 0 spiro atoms. The van der Waals surface area contributed by atoms with Crippen molar-refractivity contribution in [3.05, 3.63) is 64.1 Å². The normalized spacial score (nSPS) is 11.8. The molecule has 0 saturated heterocycles.